The summed E-state index contributed by atoms with van der Waals surface area (Å²) in [5.74, 6) is -1.17. The second-order valence-electron chi connectivity index (χ2n) is 8.97. The lowest BCUT2D eigenvalue weighted by atomic mass is 10.1. The molecule has 0 unspecified atom stereocenters. The Labute approximate surface area is 231 Å². The highest BCUT2D eigenvalue weighted by Crippen LogP contribution is 2.23. The summed E-state index contributed by atoms with van der Waals surface area (Å²) in [7, 11) is 0. The molecule has 0 spiro atoms. The molecule has 0 bridgehead atoms. The predicted octanol–water partition coefficient (Wildman–Crippen LogP) is 3.33. The van der Waals surface area contributed by atoms with Crippen molar-refractivity contribution in [1.82, 2.24) is 30.1 Å². The molecule has 11 nitrogen and oxygen atoms in total. The fourth-order valence-electron chi connectivity index (χ4n) is 3.83. The van der Waals surface area contributed by atoms with E-state index >= 15 is 0 Å². The normalized spacial score (nSPS) is 11.2. The maximum atomic E-state index is 12.4. The molecule has 0 radical (unpaired) electrons. The van der Waals surface area contributed by atoms with Gasteiger partial charge in [0.2, 0.25) is 5.91 Å². The smallest absolute Gasteiger partial charge is 0.406 e. The van der Waals surface area contributed by atoms with Crippen LogP contribution in [0.15, 0.2) is 77.9 Å². The largest absolute Gasteiger partial charge is 0.573 e. The van der Waals surface area contributed by atoms with Gasteiger partial charge in [0.1, 0.15) is 5.75 Å². The maximum Gasteiger partial charge on any atom is 0.573 e. The topological polar surface area (TPSA) is 133 Å². The Kier molecular flexibility index (Phi) is 9.45. The highest BCUT2D eigenvalue weighted by Gasteiger charge is 2.31. The van der Waals surface area contributed by atoms with Crippen LogP contribution in [0, 0.1) is 0 Å². The Morgan fingerprint density at radius 3 is 2.46 bits per heavy atom. The fourth-order valence-corrected chi connectivity index (χ4v) is 3.83. The van der Waals surface area contributed by atoms with Crippen molar-refractivity contribution in [3.63, 3.8) is 0 Å². The van der Waals surface area contributed by atoms with Crippen LogP contribution in [0.5, 0.6) is 5.75 Å². The van der Waals surface area contributed by atoms with Gasteiger partial charge in [0.05, 0.1) is 24.5 Å². The third-order valence-corrected chi connectivity index (χ3v) is 5.72. The summed E-state index contributed by atoms with van der Waals surface area (Å²) in [6.45, 7) is 0.744. The molecule has 0 aliphatic rings. The van der Waals surface area contributed by atoms with Crippen LogP contribution in [-0.2, 0) is 30.8 Å². The number of unbranched alkanes of at least 4 members (excludes halogenated alkanes) is 1. The van der Waals surface area contributed by atoms with Crippen LogP contribution in [0.2, 0.25) is 0 Å². The van der Waals surface area contributed by atoms with Crippen molar-refractivity contribution in [1.29, 1.82) is 0 Å². The molecule has 4 aromatic rings. The van der Waals surface area contributed by atoms with Crippen LogP contribution < -0.4 is 20.9 Å². The summed E-state index contributed by atoms with van der Waals surface area (Å²) in [4.78, 5) is 37.0. The van der Waals surface area contributed by atoms with E-state index in [1.165, 1.54) is 46.0 Å². The van der Waals surface area contributed by atoms with E-state index in [0.717, 1.165) is 5.56 Å². The van der Waals surface area contributed by atoms with Crippen LogP contribution in [0.4, 0.5) is 18.9 Å². The van der Waals surface area contributed by atoms with Gasteiger partial charge in [-0.3, -0.25) is 19.1 Å². The molecule has 2 aromatic carbocycles. The summed E-state index contributed by atoms with van der Waals surface area (Å²) in [5, 5.41) is 17.1. The van der Waals surface area contributed by atoms with Gasteiger partial charge in [0.25, 0.3) is 11.5 Å². The first kappa shape index (κ1) is 29.0. The first-order valence-corrected chi connectivity index (χ1v) is 12.6. The summed E-state index contributed by atoms with van der Waals surface area (Å²) < 4.78 is 43.8. The molecular weight excluding hydrogens is 543 g/mol. The lowest BCUT2D eigenvalue weighted by Gasteiger charge is -2.10. The molecule has 41 heavy (non-hydrogen) atoms. The number of benzene rings is 2. The van der Waals surface area contributed by atoms with E-state index in [1.807, 2.05) is 30.3 Å². The van der Waals surface area contributed by atoms with Gasteiger partial charge >= 0.3 is 6.36 Å². The Balaban J connectivity index is 1.19. The molecular formula is C27H26F3N7O4. The van der Waals surface area contributed by atoms with Crippen molar-refractivity contribution >= 4 is 17.5 Å². The predicted molar refractivity (Wildman–Crippen MR) is 141 cm³/mol. The lowest BCUT2D eigenvalue weighted by molar-refractivity contribution is -0.274. The molecule has 2 aromatic heterocycles. The van der Waals surface area contributed by atoms with Gasteiger partial charge in [0.15, 0.2) is 5.69 Å². The molecule has 0 fully saturated rings. The van der Waals surface area contributed by atoms with Crippen LogP contribution in [0.1, 0.15) is 34.5 Å². The number of anilines is 1. The Morgan fingerprint density at radius 2 is 1.71 bits per heavy atom. The van der Waals surface area contributed by atoms with E-state index in [2.05, 4.69) is 30.8 Å². The number of rotatable bonds is 12. The Bertz CT molecular complexity index is 1540. The number of amides is 2. The minimum atomic E-state index is -4.81. The van der Waals surface area contributed by atoms with E-state index in [9.17, 15) is 27.6 Å². The number of aromatic nitrogens is 5. The van der Waals surface area contributed by atoms with Gasteiger partial charge in [-0.25, -0.2) is 4.68 Å². The van der Waals surface area contributed by atoms with Crippen molar-refractivity contribution in [3.05, 3.63) is 100 Å². The lowest BCUT2D eigenvalue weighted by Crippen LogP contribution is -2.24. The van der Waals surface area contributed by atoms with E-state index in [-0.39, 0.29) is 35.9 Å². The maximum absolute atomic E-state index is 12.4. The van der Waals surface area contributed by atoms with Gasteiger partial charge in [-0.05, 0) is 36.1 Å². The number of halogens is 3. The zero-order valence-corrected chi connectivity index (χ0v) is 21.7. The first-order chi connectivity index (χ1) is 19.6. The standard InChI is InChI=1S/C27H26F3N7O4/c28-27(29,30)41-22-10-6-9-20(13-22)16-31-26(40)23-18-36(35-34-23)11-4-5-12-37-25(39)15-21(17-32-37)33-24(38)14-19-7-2-1-3-8-19/h1-3,6-10,13,15,17-18H,4-5,11-12,14,16H2,(H,31,40)(H,33,38). The quantitative estimate of drug-likeness (QED) is 0.250. The molecule has 0 saturated carbocycles. The molecule has 0 saturated heterocycles. The number of hydrogen-bond acceptors (Lipinski definition) is 7. The minimum Gasteiger partial charge on any atom is -0.406 e. The average Bonchev–Trinajstić information content (AvgIpc) is 3.40. The van der Waals surface area contributed by atoms with Crippen LogP contribution in [0.3, 0.4) is 0 Å². The molecule has 0 aliphatic heterocycles. The van der Waals surface area contributed by atoms with Crippen molar-refractivity contribution < 1.29 is 27.5 Å². The van der Waals surface area contributed by atoms with Gasteiger partial charge in [-0.1, -0.05) is 47.7 Å². The summed E-state index contributed by atoms with van der Waals surface area (Å²) in [6.07, 6.45) is -0.546. The van der Waals surface area contributed by atoms with Crippen molar-refractivity contribution in [2.24, 2.45) is 0 Å². The van der Waals surface area contributed by atoms with Crippen LogP contribution >= 0.6 is 0 Å². The number of carbonyl (C=O) groups excluding carboxylic acids is 2. The Morgan fingerprint density at radius 1 is 0.951 bits per heavy atom. The van der Waals surface area contributed by atoms with Crippen LogP contribution in [-0.4, -0.2) is 43.0 Å². The fraction of sp³-hybridized carbons (Fsp3) is 0.259. The van der Waals surface area contributed by atoms with E-state index in [1.54, 1.807) is 6.07 Å². The third-order valence-electron chi connectivity index (χ3n) is 5.72. The molecule has 0 aliphatic carbocycles. The zero-order valence-electron chi connectivity index (χ0n) is 21.7. The molecule has 4 rings (SSSR count). The van der Waals surface area contributed by atoms with E-state index in [4.69, 9.17) is 0 Å². The number of aryl methyl sites for hydroxylation is 2. The summed E-state index contributed by atoms with van der Waals surface area (Å²) in [6, 6.07) is 15.8. The average molecular weight is 570 g/mol. The number of carbonyl (C=O) groups is 2. The molecule has 14 heteroatoms. The molecule has 2 N–H and O–H groups in total. The number of nitrogens with zero attached hydrogens (tertiary/aromatic N) is 5. The molecule has 2 amide bonds. The van der Waals surface area contributed by atoms with E-state index < -0.39 is 12.3 Å². The third kappa shape index (κ3) is 9.30. The summed E-state index contributed by atoms with van der Waals surface area (Å²) >= 11 is 0. The number of hydrogen-bond donors (Lipinski definition) is 2. The van der Waals surface area contributed by atoms with Crippen molar-refractivity contribution in [2.45, 2.75) is 45.3 Å². The first-order valence-electron chi connectivity index (χ1n) is 12.6. The van der Waals surface area contributed by atoms with Crippen molar-refractivity contribution in [2.75, 3.05) is 5.32 Å². The summed E-state index contributed by atoms with van der Waals surface area (Å²) in [5.41, 5.74) is 1.30. The van der Waals surface area contributed by atoms with Gasteiger partial charge in [-0.15, -0.1) is 18.3 Å². The molecule has 0 atom stereocenters. The van der Waals surface area contributed by atoms with Gasteiger partial charge < -0.3 is 15.4 Å². The van der Waals surface area contributed by atoms with Crippen molar-refractivity contribution in [3.8, 4) is 5.75 Å². The highest BCUT2D eigenvalue weighted by atomic mass is 19.4. The monoisotopic (exact) mass is 569 g/mol. The SMILES string of the molecule is O=C(Cc1ccccc1)Nc1cnn(CCCCn2cc(C(=O)NCc3cccc(OC(F)(F)F)c3)nn2)c(=O)c1. The highest BCUT2D eigenvalue weighted by molar-refractivity contribution is 5.92. The van der Waals surface area contributed by atoms with Gasteiger partial charge in [0, 0.05) is 25.7 Å². The number of nitrogens with one attached hydrogen (secondary N) is 2. The van der Waals surface area contributed by atoms with Crippen LogP contribution in [0.25, 0.3) is 0 Å². The second kappa shape index (κ2) is 13.4. The number of ether oxygens (including phenoxy) is 1. The molecule has 214 valence electrons. The second-order valence-corrected chi connectivity index (χ2v) is 8.97. The van der Waals surface area contributed by atoms with Gasteiger partial charge in [-0.2, -0.15) is 5.10 Å². The minimum absolute atomic E-state index is 0.0298. The number of alkyl halides is 3. The molecule has 2 heterocycles. The van der Waals surface area contributed by atoms with E-state index in [0.29, 0.717) is 37.2 Å². The Hall–Kier alpha value is -5.01. The zero-order chi connectivity index (χ0) is 29.2.